The summed E-state index contributed by atoms with van der Waals surface area (Å²) in [6.45, 7) is 2.01. The number of methoxy groups -OCH3 is 1. The lowest BCUT2D eigenvalue weighted by Crippen LogP contribution is -2.20. The quantitative estimate of drug-likeness (QED) is 0.610. The number of rotatable bonds is 3. The summed E-state index contributed by atoms with van der Waals surface area (Å²) in [6, 6.07) is 4.92. The predicted octanol–water partition coefficient (Wildman–Crippen LogP) is 1.28. The molecule has 0 atom stereocenters. The highest BCUT2D eigenvalue weighted by Gasteiger charge is 2.00. The standard InChI is InChI=1S/C13H15NO3/c1-10(15)14-8-4-3-5-11-6-7-12(16)13(9-11)17-2/h6-7,9,16H,4,8H2,1-2H3,(H,14,15). The lowest BCUT2D eigenvalue weighted by atomic mass is 10.2. The average Bonchev–Trinajstić information content (AvgIpc) is 2.30. The molecule has 0 aliphatic rings. The Morgan fingerprint density at radius 2 is 2.29 bits per heavy atom. The monoisotopic (exact) mass is 233 g/mol. The van der Waals surface area contributed by atoms with E-state index in [1.807, 2.05) is 0 Å². The number of ether oxygens (including phenoxy) is 1. The molecule has 1 rings (SSSR count). The molecule has 0 bridgehead atoms. The first kappa shape index (κ1) is 12.9. The van der Waals surface area contributed by atoms with Crippen molar-refractivity contribution >= 4 is 5.91 Å². The van der Waals surface area contributed by atoms with Gasteiger partial charge in [-0.05, 0) is 18.2 Å². The summed E-state index contributed by atoms with van der Waals surface area (Å²) >= 11 is 0. The normalized spacial score (nSPS) is 9.06. The second kappa shape index (κ2) is 6.44. The van der Waals surface area contributed by atoms with Gasteiger partial charge in [0, 0.05) is 25.5 Å². The van der Waals surface area contributed by atoms with Gasteiger partial charge in [-0.2, -0.15) is 0 Å². The van der Waals surface area contributed by atoms with Gasteiger partial charge in [-0.1, -0.05) is 11.8 Å². The number of hydrogen-bond acceptors (Lipinski definition) is 3. The van der Waals surface area contributed by atoms with Crippen LogP contribution in [0.1, 0.15) is 18.9 Å². The number of carbonyl (C=O) groups excluding carboxylic acids is 1. The topological polar surface area (TPSA) is 58.6 Å². The molecule has 0 saturated carbocycles. The molecule has 0 aliphatic carbocycles. The third kappa shape index (κ3) is 4.47. The maximum Gasteiger partial charge on any atom is 0.216 e. The van der Waals surface area contributed by atoms with E-state index in [0.29, 0.717) is 18.7 Å². The van der Waals surface area contributed by atoms with Gasteiger partial charge in [-0.15, -0.1) is 0 Å². The molecule has 1 amide bonds. The zero-order chi connectivity index (χ0) is 12.7. The zero-order valence-corrected chi connectivity index (χ0v) is 9.91. The van der Waals surface area contributed by atoms with Crippen molar-refractivity contribution in [1.82, 2.24) is 5.32 Å². The SMILES string of the molecule is COc1cc(C#CCCNC(C)=O)ccc1O. The highest BCUT2D eigenvalue weighted by Crippen LogP contribution is 2.25. The first-order chi connectivity index (χ1) is 8.13. The summed E-state index contributed by atoms with van der Waals surface area (Å²) in [7, 11) is 1.49. The van der Waals surface area contributed by atoms with Crippen molar-refractivity contribution < 1.29 is 14.6 Å². The van der Waals surface area contributed by atoms with Crippen molar-refractivity contribution in [2.75, 3.05) is 13.7 Å². The molecule has 17 heavy (non-hydrogen) atoms. The van der Waals surface area contributed by atoms with E-state index in [2.05, 4.69) is 17.2 Å². The Morgan fingerprint density at radius 3 is 2.94 bits per heavy atom. The maximum atomic E-state index is 10.6. The fraction of sp³-hybridized carbons (Fsp3) is 0.308. The average molecular weight is 233 g/mol. The van der Waals surface area contributed by atoms with Crippen LogP contribution in [0.5, 0.6) is 11.5 Å². The van der Waals surface area contributed by atoms with Crippen LogP contribution < -0.4 is 10.1 Å². The van der Waals surface area contributed by atoms with Gasteiger partial charge in [-0.25, -0.2) is 0 Å². The van der Waals surface area contributed by atoms with E-state index in [4.69, 9.17) is 4.74 Å². The minimum atomic E-state index is -0.0573. The molecular formula is C13H15NO3. The number of phenols is 1. The third-order valence-electron chi connectivity index (χ3n) is 2.04. The first-order valence-electron chi connectivity index (χ1n) is 5.24. The van der Waals surface area contributed by atoms with Crippen LogP contribution in [0.15, 0.2) is 18.2 Å². The van der Waals surface area contributed by atoms with Crippen LogP contribution >= 0.6 is 0 Å². The molecule has 0 radical (unpaired) electrons. The van der Waals surface area contributed by atoms with Crippen molar-refractivity contribution in [1.29, 1.82) is 0 Å². The van der Waals surface area contributed by atoms with Crippen LogP contribution in [-0.2, 0) is 4.79 Å². The molecule has 0 fully saturated rings. The van der Waals surface area contributed by atoms with E-state index in [-0.39, 0.29) is 11.7 Å². The molecule has 0 heterocycles. The minimum absolute atomic E-state index is 0.0573. The minimum Gasteiger partial charge on any atom is -0.504 e. The predicted molar refractivity (Wildman–Crippen MR) is 64.8 cm³/mol. The van der Waals surface area contributed by atoms with Crippen LogP contribution in [0.2, 0.25) is 0 Å². The number of benzene rings is 1. The third-order valence-corrected chi connectivity index (χ3v) is 2.04. The Bertz CT molecular complexity index is 457. The highest BCUT2D eigenvalue weighted by atomic mass is 16.5. The first-order valence-corrected chi connectivity index (χ1v) is 5.24. The van der Waals surface area contributed by atoms with Gasteiger partial charge in [0.2, 0.25) is 5.91 Å². The summed E-state index contributed by atoms with van der Waals surface area (Å²) in [5.74, 6) is 6.29. The van der Waals surface area contributed by atoms with Crippen LogP contribution in [-0.4, -0.2) is 24.7 Å². The van der Waals surface area contributed by atoms with E-state index in [9.17, 15) is 9.90 Å². The van der Waals surface area contributed by atoms with Gasteiger partial charge in [0.25, 0.3) is 0 Å². The molecular weight excluding hydrogens is 218 g/mol. The lowest BCUT2D eigenvalue weighted by molar-refractivity contribution is -0.118. The molecule has 0 saturated heterocycles. The fourth-order valence-electron chi connectivity index (χ4n) is 1.22. The zero-order valence-electron chi connectivity index (χ0n) is 9.91. The van der Waals surface area contributed by atoms with Gasteiger partial charge in [0.15, 0.2) is 11.5 Å². The summed E-state index contributed by atoms with van der Waals surface area (Å²) in [4.78, 5) is 10.6. The molecule has 2 N–H and O–H groups in total. The molecule has 0 aromatic heterocycles. The molecule has 0 spiro atoms. The van der Waals surface area contributed by atoms with E-state index < -0.39 is 0 Å². The highest BCUT2D eigenvalue weighted by molar-refractivity contribution is 5.72. The molecule has 1 aromatic rings. The number of aromatic hydroxyl groups is 1. The van der Waals surface area contributed by atoms with Gasteiger partial charge in [0.1, 0.15) is 0 Å². The van der Waals surface area contributed by atoms with Crippen LogP contribution in [0.3, 0.4) is 0 Å². The van der Waals surface area contributed by atoms with Crippen LogP contribution in [0.25, 0.3) is 0 Å². The number of hydrogen-bond donors (Lipinski definition) is 2. The van der Waals surface area contributed by atoms with E-state index in [1.54, 1.807) is 12.1 Å². The Balaban J connectivity index is 2.57. The molecule has 4 heteroatoms. The van der Waals surface area contributed by atoms with Gasteiger partial charge >= 0.3 is 0 Å². The number of phenolic OH excluding ortho intramolecular Hbond substituents is 1. The molecule has 4 nitrogen and oxygen atoms in total. The van der Waals surface area contributed by atoms with Crippen LogP contribution in [0, 0.1) is 11.8 Å². The molecule has 0 unspecified atom stereocenters. The van der Waals surface area contributed by atoms with E-state index in [1.165, 1.54) is 20.1 Å². The second-order valence-corrected chi connectivity index (χ2v) is 3.42. The number of carbonyl (C=O) groups is 1. The summed E-state index contributed by atoms with van der Waals surface area (Å²) in [5, 5.41) is 12.0. The van der Waals surface area contributed by atoms with Crippen molar-refractivity contribution in [2.24, 2.45) is 0 Å². The Kier molecular flexibility index (Phi) is 4.89. The maximum absolute atomic E-state index is 10.6. The molecule has 1 aromatic carbocycles. The van der Waals surface area contributed by atoms with Crippen molar-refractivity contribution in [2.45, 2.75) is 13.3 Å². The summed E-state index contributed by atoms with van der Waals surface area (Å²) < 4.78 is 4.97. The molecule has 90 valence electrons. The van der Waals surface area contributed by atoms with Crippen molar-refractivity contribution in [3.05, 3.63) is 23.8 Å². The number of amides is 1. The Morgan fingerprint density at radius 1 is 1.53 bits per heavy atom. The largest absolute Gasteiger partial charge is 0.504 e. The second-order valence-electron chi connectivity index (χ2n) is 3.42. The van der Waals surface area contributed by atoms with Gasteiger partial charge in [0.05, 0.1) is 7.11 Å². The van der Waals surface area contributed by atoms with Crippen LogP contribution in [0.4, 0.5) is 0 Å². The Hall–Kier alpha value is -2.15. The van der Waals surface area contributed by atoms with Crippen molar-refractivity contribution in [3.8, 4) is 23.3 Å². The summed E-state index contributed by atoms with van der Waals surface area (Å²) in [5.41, 5.74) is 0.766. The van der Waals surface area contributed by atoms with E-state index in [0.717, 1.165) is 5.56 Å². The van der Waals surface area contributed by atoms with E-state index >= 15 is 0 Å². The fourth-order valence-corrected chi connectivity index (χ4v) is 1.22. The van der Waals surface area contributed by atoms with Gasteiger partial charge in [-0.3, -0.25) is 4.79 Å². The van der Waals surface area contributed by atoms with Gasteiger partial charge < -0.3 is 15.2 Å². The molecule has 0 aliphatic heterocycles. The smallest absolute Gasteiger partial charge is 0.216 e. The summed E-state index contributed by atoms with van der Waals surface area (Å²) in [6.07, 6.45) is 0.586. The number of nitrogens with one attached hydrogen (secondary N) is 1. The lowest BCUT2D eigenvalue weighted by Gasteiger charge is -2.02. The van der Waals surface area contributed by atoms with Crippen molar-refractivity contribution in [3.63, 3.8) is 0 Å². The Labute approximate surface area is 101 Å².